The summed E-state index contributed by atoms with van der Waals surface area (Å²) in [7, 11) is 4.10. The second kappa shape index (κ2) is 32.9. The second-order valence-corrected chi connectivity index (χ2v) is 19.6. The van der Waals surface area contributed by atoms with Gasteiger partial charge in [-0.2, -0.15) is 0 Å². The Balaban J connectivity index is 0.000000429. The molecule has 5 rings (SSSR count). The van der Waals surface area contributed by atoms with Crippen molar-refractivity contribution in [2.45, 2.75) is 188 Å². The summed E-state index contributed by atoms with van der Waals surface area (Å²) in [6.45, 7) is 17.6. The minimum Gasteiger partial charge on any atom is -0.464 e. The Hall–Kier alpha value is -4.13. The molecule has 0 radical (unpaired) electrons. The molecular weight excluding hydrogens is 925 g/mol. The first kappa shape index (κ1) is 64.0. The van der Waals surface area contributed by atoms with Crippen LogP contribution in [0.5, 0.6) is 0 Å². The summed E-state index contributed by atoms with van der Waals surface area (Å²) >= 11 is 0. The number of methoxy groups -OCH3 is 2. The fraction of sp³-hybridized carbons (Fsp3) is 0.696. The maximum absolute atomic E-state index is 13.4. The van der Waals surface area contributed by atoms with Crippen molar-refractivity contribution in [2.24, 2.45) is 23.7 Å². The van der Waals surface area contributed by atoms with Crippen molar-refractivity contribution in [2.75, 3.05) is 46.2 Å². The number of hydrogen-bond donors (Lipinski definition) is 4. The van der Waals surface area contributed by atoms with Crippen molar-refractivity contribution in [1.82, 2.24) is 4.90 Å². The number of esters is 1. The number of nitrogens with zero attached hydrogens (tertiary/aromatic N) is 2. The Labute approximate surface area is 430 Å². The standard InChI is InChI=1S/C31H45NO5.C17H27NO6.C7H14O2.CH4O/c1-9-20(2)17-27-15-16-28(32(37-27)26-13-11-10-12-14-26)22(4)19-24(6)30(35)31(36-8)29(34)23(5)18-21(3)25(7)33;1-3-10-23-16(21)13-8-4-5-9-18(13)15(20)14(19)17(22)12(2)7-6-11-24-17;1-9-7-5-3-2-4-6(7)8;1-2/h10-18,21-22,24,27-29,31,34H,9,19H2,1-8H3;12-13,22H,3-11H2,1-2H3;6-8H,2-5H2,1H3;2H,1H3/b20-17+,23-18+;;;/t21-,22+,24?,27?,28?,29?,31-;;6?,7-;/m1.1./s1. The number of aliphatic hydroxyl groups excluding tert-OH is 3. The molecule has 3 heterocycles. The van der Waals surface area contributed by atoms with Gasteiger partial charge in [-0.15, -0.1) is 0 Å². The number of allylic oxidation sites excluding steroid dienone is 2. The Kier molecular flexibility index (Phi) is 29.3. The van der Waals surface area contributed by atoms with Crippen LogP contribution in [-0.2, 0) is 47.8 Å². The van der Waals surface area contributed by atoms with Gasteiger partial charge in [0.25, 0.3) is 11.7 Å². The number of amides is 1. The van der Waals surface area contributed by atoms with Crippen molar-refractivity contribution in [3.8, 4) is 0 Å². The third-order valence-corrected chi connectivity index (χ3v) is 14.0. The van der Waals surface area contributed by atoms with Gasteiger partial charge in [0, 0.05) is 45.6 Å². The van der Waals surface area contributed by atoms with Gasteiger partial charge in [-0.3, -0.25) is 24.0 Å². The third-order valence-electron chi connectivity index (χ3n) is 14.0. The lowest BCUT2D eigenvalue weighted by atomic mass is 9.84. The summed E-state index contributed by atoms with van der Waals surface area (Å²) in [6.07, 6.45) is 15.6. The maximum Gasteiger partial charge on any atom is 0.328 e. The van der Waals surface area contributed by atoms with E-state index in [0.29, 0.717) is 44.2 Å². The molecule has 1 amide bonds. The van der Waals surface area contributed by atoms with Crippen LogP contribution in [-0.4, -0.2) is 144 Å². The summed E-state index contributed by atoms with van der Waals surface area (Å²) < 4.78 is 20.9. The van der Waals surface area contributed by atoms with Crippen LogP contribution in [0.25, 0.3) is 0 Å². The molecule has 1 aromatic rings. The molecule has 16 heteroatoms. The lowest BCUT2D eigenvalue weighted by molar-refractivity contribution is -0.240. The van der Waals surface area contributed by atoms with Gasteiger partial charge in [0.1, 0.15) is 30.1 Å². The number of para-hydroxylation sites is 1. The molecule has 3 aliphatic heterocycles. The second-order valence-electron chi connectivity index (χ2n) is 19.6. The number of likely N-dealkylation sites (tertiary alicyclic amines) is 1. The summed E-state index contributed by atoms with van der Waals surface area (Å²) in [4.78, 5) is 70.1. The zero-order chi connectivity index (χ0) is 54.1. The summed E-state index contributed by atoms with van der Waals surface area (Å²) in [6, 6.07) is 9.17. The molecule has 0 aromatic heterocycles. The van der Waals surface area contributed by atoms with E-state index in [4.69, 9.17) is 28.9 Å². The number of rotatable bonds is 19. The van der Waals surface area contributed by atoms with Gasteiger partial charge in [-0.25, -0.2) is 9.86 Å². The molecule has 16 nitrogen and oxygen atoms in total. The molecule has 4 aliphatic rings. The van der Waals surface area contributed by atoms with Crippen molar-refractivity contribution in [1.29, 1.82) is 0 Å². The Morgan fingerprint density at radius 2 is 1.56 bits per heavy atom. The van der Waals surface area contributed by atoms with Crippen molar-refractivity contribution >= 4 is 34.9 Å². The van der Waals surface area contributed by atoms with Gasteiger partial charge in [-0.1, -0.05) is 102 Å². The smallest absolute Gasteiger partial charge is 0.328 e. The molecule has 12 atom stereocenters. The number of ether oxygens (including phenoxy) is 4. The van der Waals surface area contributed by atoms with Gasteiger partial charge >= 0.3 is 5.97 Å². The minimum absolute atomic E-state index is 0.00217. The number of benzene rings is 1. The molecule has 2 saturated heterocycles. The molecule has 72 heavy (non-hydrogen) atoms. The number of carbonyl (C=O) groups excluding carboxylic acids is 5. The topological polar surface area (TPSA) is 219 Å². The van der Waals surface area contributed by atoms with Crippen molar-refractivity contribution < 1.29 is 68.2 Å². The Morgan fingerprint density at radius 1 is 0.903 bits per heavy atom. The monoisotopic (exact) mass is 1010 g/mol. The SMILES string of the molecule is CC/C(C)=C/C1C=CC([C@@H](C)CC(C)C(=O)[C@H](OC)C(O)/C(C)=C/[C@@H](C)C(C)=O)N(c2ccccc2)O1.CCCOC(=O)C1CCCCN1C(=O)C(=O)C1(O)OCCCC1C.CO.CO[C@@H]1CCCCC1O. The average molecular weight is 1020 g/mol. The molecule has 0 spiro atoms. The molecule has 1 aliphatic carbocycles. The average Bonchev–Trinajstić information content (AvgIpc) is 3.39. The fourth-order valence-electron chi connectivity index (χ4n) is 9.19. The van der Waals surface area contributed by atoms with Crippen LogP contribution in [0.15, 0.2) is 65.8 Å². The predicted octanol–water partition coefficient (Wildman–Crippen LogP) is 7.44. The number of Topliss-reactive ketones (excluding diaryl/α,β-unsaturated/α-hetero) is 3. The number of carbonyl (C=O) groups is 5. The summed E-state index contributed by atoms with van der Waals surface area (Å²) in [5, 5.41) is 39.6. The van der Waals surface area contributed by atoms with Crippen LogP contribution in [0, 0.1) is 23.7 Å². The maximum atomic E-state index is 13.4. The number of piperidine rings is 1. The van der Waals surface area contributed by atoms with Gasteiger partial charge in [-0.05, 0) is 109 Å². The minimum atomic E-state index is -2.09. The first-order valence-electron chi connectivity index (χ1n) is 26.1. The molecule has 1 aromatic carbocycles. The van der Waals surface area contributed by atoms with E-state index >= 15 is 0 Å². The number of hydroxylamine groups is 1. The van der Waals surface area contributed by atoms with Gasteiger partial charge in [0.2, 0.25) is 5.79 Å². The lowest BCUT2D eigenvalue weighted by Crippen LogP contribution is -2.59. The molecule has 0 bridgehead atoms. The van der Waals surface area contributed by atoms with E-state index in [1.54, 1.807) is 34.0 Å². The van der Waals surface area contributed by atoms with Crippen LogP contribution >= 0.6 is 0 Å². The van der Waals surface area contributed by atoms with Crippen LogP contribution in [0.2, 0.25) is 0 Å². The number of anilines is 1. The van der Waals surface area contributed by atoms with E-state index in [0.717, 1.165) is 51.3 Å². The van der Waals surface area contributed by atoms with Crippen LogP contribution < -0.4 is 5.06 Å². The van der Waals surface area contributed by atoms with E-state index < -0.39 is 47.6 Å². The largest absolute Gasteiger partial charge is 0.464 e. The first-order valence-corrected chi connectivity index (χ1v) is 26.1. The van der Waals surface area contributed by atoms with Gasteiger partial charge in [0.15, 0.2) is 5.78 Å². The fourth-order valence-corrected chi connectivity index (χ4v) is 9.19. The quantitative estimate of drug-likeness (QED) is 0.0602. The highest BCUT2D eigenvalue weighted by Gasteiger charge is 2.50. The molecule has 408 valence electrons. The van der Waals surface area contributed by atoms with Crippen molar-refractivity contribution in [3.05, 3.63) is 65.8 Å². The van der Waals surface area contributed by atoms with Crippen LogP contribution in [0.1, 0.15) is 139 Å². The zero-order valence-electron chi connectivity index (χ0n) is 45.4. The van der Waals surface area contributed by atoms with E-state index in [1.165, 1.54) is 30.9 Å². The normalized spacial score (nSPS) is 26.6. The van der Waals surface area contributed by atoms with E-state index in [-0.39, 0.29) is 66.9 Å². The van der Waals surface area contributed by atoms with Crippen LogP contribution in [0.4, 0.5) is 5.69 Å². The summed E-state index contributed by atoms with van der Waals surface area (Å²) in [5.41, 5.74) is 2.78. The number of hydrogen-bond acceptors (Lipinski definition) is 15. The van der Waals surface area contributed by atoms with E-state index in [1.807, 2.05) is 49.2 Å². The molecule has 4 N–H and O–H groups in total. The first-order chi connectivity index (χ1) is 34.2. The Morgan fingerprint density at radius 3 is 2.12 bits per heavy atom. The molecule has 8 unspecified atom stereocenters. The van der Waals surface area contributed by atoms with Crippen molar-refractivity contribution in [3.63, 3.8) is 0 Å². The highest BCUT2D eigenvalue weighted by Crippen LogP contribution is 2.33. The Bertz CT molecular complexity index is 1910. The highest BCUT2D eigenvalue weighted by atomic mass is 16.7. The number of aliphatic hydroxyl groups is 4. The van der Waals surface area contributed by atoms with E-state index in [9.17, 15) is 39.3 Å². The van der Waals surface area contributed by atoms with E-state index in [2.05, 4.69) is 39.0 Å². The van der Waals surface area contributed by atoms with Gasteiger partial charge < -0.3 is 44.3 Å². The lowest BCUT2D eigenvalue weighted by Gasteiger charge is -2.39. The predicted molar refractivity (Wildman–Crippen MR) is 277 cm³/mol. The third kappa shape index (κ3) is 19.0. The molecule has 3 fully saturated rings. The van der Waals surface area contributed by atoms with Gasteiger partial charge in [0.05, 0.1) is 37.2 Å². The highest BCUT2D eigenvalue weighted by molar-refractivity contribution is 6.39. The molecule has 1 saturated carbocycles. The van der Waals surface area contributed by atoms with Crippen LogP contribution in [0.3, 0.4) is 0 Å². The number of ketones is 3. The molecular formula is C56H90N2O14. The summed E-state index contributed by atoms with van der Waals surface area (Å²) in [5.74, 6) is -5.63. The zero-order valence-corrected chi connectivity index (χ0v) is 45.4.